The molecule has 0 aromatic heterocycles. The standard InChI is InChI=1S/C28H33NO4S/c1-22-8-14-28(15-9-22)34(30,31)29-18-16-25(24-10-12-27(32-2)13-11-24)20-26(29)17-19-33-21-23-6-4-3-5-7-23/h3-15,25-26H,16-21H2,1-2H3/t25-,26+/m1/s1. The molecular formula is C28H33NO4S. The molecule has 0 N–H and O–H groups in total. The summed E-state index contributed by atoms with van der Waals surface area (Å²) in [5.41, 5.74) is 3.39. The molecule has 0 unspecified atom stereocenters. The lowest BCUT2D eigenvalue weighted by atomic mass is 9.85. The number of methoxy groups -OCH3 is 1. The second kappa shape index (κ2) is 11.2. The van der Waals surface area contributed by atoms with Crippen LogP contribution in [0, 0.1) is 6.92 Å². The van der Waals surface area contributed by atoms with E-state index in [4.69, 9.17) is 9.47 Å². The summed E-state index contributed by atoms with van der Waals surface area (Å²) in [4.78, 5) is 0.358. The van der Waals surface area contributed by atoms with Crippen LogP contribution in [0.3, 0.4) is 0 Å². The van der Waals surface area contributed by atoms with Crippen LogP contribution in [0.5, 0.6) is 5.75 Å². The zero-order chi connectivity index (χ0) is 24.0. The van der Waals surface area contributed by atoms with Gasteiger partial charge in [0.15, 0.2) is 0 Å². The molecule has 6 heteroatoms. The Morgan fingerprint density at radius 3 is 2.32 bits per heavy atom. The van der Waals surface area contributed by atoms with Gasteiger partial charge in [-0.1, -0.05) is 60.2 Å². The highest BCUT2D eigenvalue weighted by Crippen LogP contribution is 2.36. The molecule has 2 atom stereocenters. The molecule has 1 saturated heterocycles. The van der Waals surface area contributed by atoms with Crippen molar-refractivity contribution in [1.82, 2.24) is 4.31 Å². The van der Waals surface area contributed by atoms with Gasteiger partial charge in [0.25, 0.3) is 0 Å². The normalized spacial score (nSPS) is 19.1. The predicted molar refractivity (Wildman–Crippen MR) is 135 cm³/mol. The average Bonchev–Trinajstić information content (AvgIpc) is 2.87. The van der Waals surface area contributed by atoms with Crippen LogP contribution in [-0.2, 0) is 21.4 Å². The first-order valence-corrected chi connectivity index (χ1v) is 13.3. The largest absolute Gasteiger partial charge is 0.497 e. The molecule has 5 nitrogen and oxygen atoms in total. The Morgan fingerprint density at radius 1 is 0.941 bits per heavy atom. The van der Waals surface area contributed by atoms with E-state index in [1.165, 1.54) is 5.56 Å². The van der Waals surface area contributed by atoms with Crippen molar-refractivity contribution in [3.63, 3.8) is 0 Å². The van der Waals surface area contributed by atoms with Gasteiger partial charge in [0, 0.05) is 19.2 Å². The highest BCUT2D eigenvalue weighted by molar-refractivity contribution is 7.89. The second-order valence-electron chi connectivity index (χ2n) is 8.90. The lowest BCUT2D eigenvalue weighted by molar-refractivity contribution is 0.0936. The third kappa shape index (κ3) is 5.87. The maximum Gasteiger partial charge on any atom is 0.243 e. The maximum atomic E-state index is 13.6. The molecule has 0 saturated carbocycles. The van der Waals surface area contributed by atoms with Crippen LogP contribution in [0.4, 0.5) is 0 Å². The lowest BCUT2D eigenvalue weighted by Crippen LogP contribution is -2.46. The van der Waals surface area contributed by atoms with Crippen molar-refractivity contribution in [1.29, 1.82) is 0 Å². The number of hydrogen-bond donors (Lipinski definition) is 0. The van der Waals surface area contributed by atoms with Crippen LogP contribution >= 0.6 is 0 Å². The summed E-state index contributed by atoms with van der Waals surface area (Å²) < 4.78 is 40.0. The first kappa shape index (κ1) is 24.5. The molecule has 0 bridgehead atoms. The zero-order valence-corrected chi connectivity index (χ0v) is 20.7. The zero-order valence-electron chi connectivity index (χ0n) is 19.9. The fourth-order valence-corrected chi connectivity index (χ4v) is 6.30. The van der Waals surface area contributed by atoms with E-state index in [-0.39, 0.29) is 6.04 Å². The quantitative estimate of drug-likeness (QED) is 0.378. The SMILES string of the molecule is COc1ccc([C@@H]2CCN(S(=O)(=O)c3ccc(C)cc3)[C@@H](CCOCc3ccccc3)C2)cc1. The third-order valence-corrected chi connectivity index (χ3v) is 8.55. The smallest absolute Gasteiger partial charge is 0.243 e. The average molecular weight is 480 g/mol. The highest BCUT2D eigenvalue weighted by atomic mass is 32.2. The highest BCUT2D eigenvalue weighted by Gasteiger charge is 2.37. The molecular weight excluding hydrogens is 446 g/mol. The van der Waals surface area contributed by atoms with Gasteiger partial charge in [0.1, 0.15) is 5.75 Å². The summed E-state index contributed by atoms with van der Waals surface area (Å²) in [5.74, 6) is 1.13. The van der Waals surface area contributed by atoms with Gasteiger partial charge in [-0.2, -0.15) is 4.31 Å². The van der Waals surface area contributed by atoms with Crippen LogP contribution in [0.25, 0.3) is 0 Å². The molecule has 180 valence electrons. The fourth-order valence-electron chi connectivity index (χ4n) is 4.62. The molecule has 0 aliphatic carbocycles. The number of hydrogen-bond acceptors (Lipinski definition) is 4. The van der Waals surface area contributed by atoms with E-state index < -0.39 is 10.0 Å². The number of ether oxygens (including phenoxy) is 2. The molecule has 1 heterocycles. The van der Waals surface area contributed by atoms with E-state index >= 15 is 0 Å². The van der Waals surface area contributed by atoms with Gasteiger partial charge in [-0.05, 0) is 67.5 Å². The first-order chi connectivity index (χ1) is 16.5. The van der Waals surface area contributed by atoms with Gasteiger partial charge < -0.3 is 9.47 Å². The maximum absolute atomic E-state index is 13.6. The molecule has 1 fully saturated rings. The van der Waals surface area contributed by atoms with Crippen molar-refractivity contribution in [3.05, 3.63) is 95.6 Å². The number of sulfonamides is 1. The summed E-state index contributed by atoms with van der Waals surface area (Å²) in [6, 6.07) is 25.2. The van der Waals surface area contributed by atoms with Crippen LogP contribution in [0.1, 0.15) is 41.9 Å². The molecule has 34 heavy (non-hydrogen) atoms. The van der Waals surface area contributed by atoms with E-state index in [1.807, 2.05) is 61.5 Å². The van der Waals surface area contributed by atoms with Gasteiger partial charge in [0.05, 0.1) is 18.6 Å². The minimum absolute atomic E-state index is 0.122. The van der Waals surface area contributed by atoms with E-state index in [0.717, 1.165) is 29.7 Å². The number of benzene rings is 3. The molecule has 3 aromatic rings. The minimum Gasteiger partial charge on any atom is -0.497 e. The van der Waals surface area contributed by atoms with Crippen molar-refractivity contribution < 1.29 is 17.9 Å². The van der Waals surface area contributed by atoms with Crippen LogP contribution in [0.15, 0.2) is 83.8 Å². The van der Waals surface area contributed by atoms with E-state index in [9.17, 15) is 8.42 Å². The van der Waals surface area contributed by atoms with Gasteiger partial charge in [-0.25, -0.2) is 8.42 Å². The summed E-state index contributed by atoms with van der Waals surface area (Å²) in [5, 5.41) is 0. The van der Waals surface area contributed by atoms with Crippen molar-refractivity contribution >= 4 is 10.0 Å². The Morgan fingerprint density at radius 2 is 1.65 bits per heavy atom. The Bertz CT molecular complexity index is 1150. The molecule has 4 rings (SSSR count). The molecule has 0 spiro atoms. The van der Waals surface area contributed by atoms with Crippen molar-refractivity contribution in [2.24, 2.45) is 0 Å². The summed E-state index contributed by atoms with van der Waals surface area (Å²) in [7, 11) is -1.91. The van der Waals surface area contributed by atoms with Crippen LogP contribution < -0.4 is 4.74 Å². The number of nitrogens with zero attached hydrogens (tertiary/aromatic N) is 1. The number of piperidine rings is 1. The van der Waals surface area contributed by atoms with E-state index in [0.29, 0.717) is 37.0 Å². The van der Waals surface area contributed by atoms with Crippen molar-refractivity contribution in [2.45, 2.75) is 49.6 Å². The summed E-state index contributed by atoms with van der Waals surface area (Å²) in [6.45, 7) is 3.49. The van der Waals surface area contributed by atoms with Crippen molar-refractivity contribution in [3.8, 4) is 5.75 Å². The molecule has 0 amide bonds. The molecule has 1 aliphatic heterocycles. The third-order valence-electron chi connectivity index (χ3n) is 6.58. The van der Waals surface area contributed by atoms with Gasteiger partial charge >= 0.3 is 0 Å². The summed E-state index contributed by atoms with van der Waals surface area (Å²) in [6.07, 6.45) is 2.22. The Kier molecular flexibility index (Phi) is 8.03. The monoisotopic (exact) mass is 479 g/mol. The topological polar surface area (TPSA) is 55.8 Å². The lowest BCUT2D eigenvalue weighted by Gasteiger charge is -2.39. The van der Waals surface area contributed by atoms with E-state index in [2.05, 4.69) is 12.1 Å². The first-order valence-electron chi connectivity index (χ1n) is 11.8. The Labute approximate surface area is 203 Å². The van der Waals surface area contributed by atoms with Crippen molar-refractivity contribution in [2.75, 3.05) is 20.3 Å². The minimum atomic E-state index is -3.58. The molecule has 1 aliphatic rings. The molecule has 0 radical (unpaired) electrons. The van der Waals surface area contributed by atoms with E-state index in [1.54, 1.807) is 23.5 Å². The fraction of sp³-hybridized carbons (Fsp3) is 0.357. The van der Waals surface area contributed by atoms with Crippen LogP contribution in [-0.4, -0.2) is 39.0 Å². The summed E-state index contributed by atoms with van der Waals surface area (Å²) >= 11 is 0. The number of aryl methyl sites for hydroxylation is 1. The van der Waals surface area contributed by atoms with Crippen LogP contribution in [0.2, 0.25) is 0 Å². The predicted octanol–water partition coefficient (Wildman–Crippen LogP) is 5.55. The molecule has 3 aromatic carbocycles. The Balaban J connectivity index is 1.49. The van der Waals surface area contributed by atoms with Gasteiger partial charge in [0.2, 0.25) is 10.0 Å². The van der Waals surface area contributed by atoms with Gasteiger partial charge in [-0.3, -0.25) is 0 Å². The Hall–Kier alpha value is -2.67. The second-order valence-corrected chi connectivity index (χ2v) is 10.8. The van der Waals surface area contributed by atoms with Gasteiger partial charge in [-0.15, -0.1) is 0 Å². The number of rotatable bonds is 9.